The predicted octanol–water partition coefficient (Wildman–Crippen LogP) is 2.77. The van der Waals surface area contributed by atoms with Crippen LogP contribution in [0.2, 0.25) is 5.02 Å². The van der Waals surface area contributed by atoms with Crippen LogP contribution < -0.4 is 15.8 Å². The lowest BCUT2D eigenvalue weighted by atomic mass is 10.3. The van der Waals surface area contributed by atoms with Crippen LogP contribution in [0.5, 0.6) is 5.75 Å². The molecule has 0 bridgehead atoms. The average Bonchev–Trinajstić information content (AvgIpc) is 2.01. The molecule has 0 aliphatic carbocycles. The molecule has 0 amide bonds. The Labute approximate surface area is 101 Å². The first-order chi connectivity index (χ1) is 6.54. The highest BCUT2D eigenvalue weighted by Crippen LogP contribution is 2.36. The van der Waals surface area contributed by atoms with E-state index in [0.717, 1.165) is 4.47 Å². The van der Waals surface area contributed by atoms with Crippen LogP contribution in [0.15, 0.2) is 16.6 Å². The van der Waals surface area contributed by atoms with Gasteiger partial charge in [0.2, 0.25) is 0 Å². The van der Waals surface area contributed by atoms with Crippen molar-refractivity contribution >= 4 is 50.5 Å². The normalized spacial score (nSPS) is 9.64. The molecule has 0 saturated carbocycles. The van der Waals surface area contributed by atoms with Crippen molar-refractivity contribution in [3.8, 4) is 5.75 Å². The lowest BCUT2D eigenvalue weighted by Gasteiger charge is -2.11. The highest BCUT2D eigenvalue weighted by molar-refractivity contribution is 9.10. The fourth-order valence-corrected chi connectivity index (χ4v) is 2.08. The number of hydrogen-bond donors (Lipinski definition) is 2. The molecule has 0 aromatic heterocycles. The van der Waals surface area contributed by atoms with Gasteiger partial charge in [-0.3, -0.25) is 0 Å². The minimum atomic E-state index is 0.164. The van der Waals surface area contributed by atoms with E-state index in [1.54, 1.807) is 19.2 Å². The second-order valence-electron chi connectivity index (χ2n) is 2.46. The van der Waals surface area contributed by atoms with Crippen molar-refractivity contribution in [2.24, 2.45) is 5.73 Å². The standard InChI is InChI=1S/C8H8BrClN2OS/c1-13-7-5(9)2-4(10)3-6(7)12-8(11)14/h2-3H,1H3,(H3,11,12,14). The van der Waals surface area contributed by atoms with E-state index >= 15 is 0 Å². The molecule has 0 aliphatic heterocycles. The van der Waals surface area contributed by atoms with Gasteiger partial charge in [0.05, 0.1) is 17.3 Å². The molecule has 1 aromatic carbocycles. The van der Waals surface area contributed by atoms with Gasteiger partial charge in [0.25, 0.3) is 0 Å². The molecule has 0 atom stereocenters. The zero-order chi connectivity index (χ0) is 10.7. The van der Waals surface area contributed by atoms with Crippen LogP contribution in [0.25, 0.3) is 0 Å². The number of methoxy groups -OCH3 is 1. The third kappa shape index (κ3) is 2.73. The third-order valence-electron chi connectivity index (χ3n) is 1.47. The van der Waals surface area contributed by atoms with Crippen molar-refractivity contribution < 1.29 is 4.74 Å². The number of rotatable bonds is 2. The number of halogens is 2. The molecular weight excluding hydrogens is 288 g/mol. The topological polar surface area (TPSA) is 47.3 Å². The Hall–Kier alpha value is -0.520. The Bertz CT molecular complexity index is 373. The van der Waals surface area contributed by atoms with Crippen molar-refractivity contribution in [1.29, 1.82) is 0 Å². The SMILES string of the molecule is COc1c(Br)cc(Cl)cc1NC(N)=S. The first-order valence-corrected chi connectivity index (χ1v) is 5.22. The Morgan fingerprint density at radius 3 is 2.79 bits per heavy atom. The van der Waals surface area contributed by atoms with E-state index in [0.29, 0.717) is 16.5 Å². The van der Waals surface area contributed by atoms with E-state index in [2.05, 4.69) is 21.2 Å². The molecular formula is C8H8BrClN2OS. The van der Waals surface area contributed by atoms with Gasteiger partial charge in [-0.05, 0) is 40.3 Å². The fourth-order valence-electron chi connectivity index (χ4n) is 0.993. The largest absolute Gasteiger partial charge is 0.493 e. The van der Waals surface area contributed by atoms with E-state index in [1.807, 2.05) is 0 Å². The van der Waals surface area contributed by atoms with Crippen LogP contribution in [-0.4, -0.2) is 12.2 Å². The summed E-state index contributed by atoms with van der Waals surface area (Å²) in [5, 5.41) is 3.51. The molecule has 0 heterocycles. The van der Waals surface area contributed by atoms with Gasteiger partial charge in [-0.1, -0.05) is 11.6 Å². The summed E-state index contributed by atoms with van der Waals surface area (Å²) >= 11 is 13.9. The van der Waals surface area contributed by atoms with Crippen LogP contribution in [0.4, 0.5) is 5.69 Å². The highest BCUT2D eigenvalue weighted by atomic mass is 79.9. The Balaban J connectivity index is 3.17. The van der Waals surface area contributed by atoms with Gasteiger partial charge in [0.1, 0.15) is 0 Å². The summed E-state index contributed by atoms with van der Waals surface area (Å²) in [6, 6.07) is 3.41. The molecule has 0 radical (unpaired) electrons. The van der Waals surface area contributed by atoms with E-state index < -0.39 is 0 Å². The molecule has 3 N–H and O–H groups in total. The second kappa shape index (κ2) is 4.82. The first kappa shape index (κ1) is 11.6. The number of anilines is 1. The number of nitrogens with one attached hydrogen (secondary N) is 1. The fraction of sp³-hybridized carbons (Fsp3) is 0.125. The van der Waals surface area contributed by atoms with E-state index in [-0.39, 0.29) is 5.11 Å². The number of nitrogens with two attached hydrogens (primary N) is 1. The van der Waals surface area contributed by atoms with Crippen LogP contribution in [0, 0.1) is 0 Å². The van der Waals surface area contributed by atoms with Gasteiger partial charge in [-0.25, -0.2) is 0 Å². The van der Waals surface area contributed by atoms with Crippen molar-refractivity contribution in [1.82, 2.24) is 0 Å². The first-order valence-electron chi connectivity index (χ1n) is 3.64. The maximum absolute atomic E-state index is 5.85. The number of thiocarbonyl (C=S) groups is 1. The van der Waals surface area contributed by atoms with Crippen molar-refractivity contribution in [2.75, 3.05) is 12.4 Å². The molecule has 6 heteroatoms. The number of ether oxygens (including phenoxy) is 1. The third-order valence-corrected chi connectivity index (χ3v) is 2.38. The molecule has 76 valence electrons. The lowest BCUT2D eigenvalue weighted by molar-refractivity contribution is 0.414. The zero-order valence-corrected chi connectivity index (χ0v) is 10.5. The van der Waals surface area contributed by atoms with Crippen molar-refractivity contribution in [3.63, 3.8) is 0 Å². The van der Waals surface area contributed by atoms with Gasteiger partial charge in [0.15, 0.2) is 10.9 Å². The molecule has 0 fully saturated rings. The van der Waals surface area contributed by atoms with E-state index in [9.17, 15) is 0 Å². The summed E-state index contributed by atoms with van der Waals surface area (Å²) in [5.41, 5.74) is 5.99. The molecule has 3 nitrogen and oxygen atoms in total. The van der Waals surface area contributed by atoms with Crippen LogP contribution in [0.1, 0.15) is 0 Å². The van der Waals surface area contributed by atoms with Crippen LogP contribution in [-0.2, 0) is 0 Å². The summed E-state index contributed by atoms with van der Waals surface area (Å²) < 4.78 is 5.89. The minimum absolute atomic E-state index is 0.164. The van der Waals surface area contributed by atoms with E-state index in [1.165, 1.54) is 0 Å². The summed E-state index contributed by atoms with van der Waals surface area (Å²) in [5.74, 6) is 0.613. The lowest BCUT2D eigenvalue weighted by Crippen LogP contribution is -2.19. The van der Waals surface area contributed by atoms with E-state index in [4.69, 9.17) is 34.3 Å². The van der Waals surface area contributed by atoms with Crippen molar-refractivity contribution in [3.05, 3.63) is 21.6 Å². The van der Waals surface area contributed by atoms with Crippen molar-refractivity contribution in [2.45, 2.75) is 0 Å². The van der Waals surface area contributed by atoms with Crippen LogP contribution in [0.3, 0.4) is 0 Å². The quantitative estimate of drug-likeness (QED) is 0.824. The molecule has 1 rings (SSSR count). The summed E-state index contributed by atoms with van der Waals surface area (Å²) in [4.78, 5) is 0. The Morgan fingerprint density at radius 1 is 1.64 bits per heavy atom. The molecule has 0 saturated heterocycles. The zero-order valence-electron chi connectivity index (χ0n) is 7.30. The predicted molar refractivity (Wildman–Crippen MR) is 66.1 cm³/mol. The van der Waals surface area contributed by atoms with Crippen LogP contribution >= 0.6 is 39.7 Å². The Kier molecular flexibility index (Phi) is 3.97. The summed E-state index contributed by atoms with van der Waals surface area (Å²) in [7, 11) is 1.55. The summed E-state index contributed by atoms with van der Waals surface area (Å²) in [6.07, 6.45) is 0. The molecule has 14 heavy (non-hydrogen) atoms. The highest BCUT2D eigenvalue weighted by Gasteiger charge is 2.09. The molecule has 0 spiro atoms. The maximum atomic E-state index is 5.85. The average molecular weight is 296 g/mol. The van der Waals surface area contributed by atoms with Gasteiger partial charge >= 0.3 is 0 Å². The molecule has 0 unspecified atom stereocenters. The van der Waals surface area contributed by atoms with Gasteiger partial charge in [-0.2, -0.15) is 0 Å². The van der Waals surface area contributed by atoms with Gasteiger partial charge in [-0.15, -0.1) is 0 Å². The summed E-state index contributed by atoms with van der Waals surface area (Å²) in [6.45, 7) is 0. The molecule has 0 aliphatic rings. The smallest absolute Gasteiger partial charge is 0.168 e. The molecule has 1 aromatic rings. The second-order valence-corrected chi connectivity index (χ2v) is 4.19. The van der Waals surface area contributed by atoms with Gasteiger partial charge < -0.3 is 15.8 Å². The minimum Gasteiger partial charge on any atom is -0.493 e. The maximum Gasteiger partial charge on any atom is 0.168 e. The monoisotopic (exact) mass is 294 g/mol. The number of benzene rings is 1. The number of hydrogen-bond acceptors (Lipinski definition) is 2. The van der Waals surface area contributed by atoms with Gasteiger partial charge in [0, 0.05) is 5.02 Å². The Morgan fingerprint density at radius 2 is 2.29 bits per heavy atom.